The molecule has 5 fully saturated rings. The molecule has 2 spiro atoms. The summed E-state index contributed by atoms with van der Waals surface area (Å²) >= 11 is 0. The smallest absolute Gasteiger partial charge is 0.199 e. The molecule has 2 heterocycles. The predicted molar refractivity (Wildman–Crippen MR) is 142 cm³/mol. The van der Waals surface area contributed by atoms with E-state index in [1.807, 2.05) is 36.4 Å². The highest BCUT2D eigenvalue weighted by molar-refractivity contribution is 6.03. The third kappa shape index (κ3) is 4.04. The van der Waals surface area contributed by atoms with Gasteiger partial charge in [-0.15, -0.1) is 0 Å². The number of fused-ring (bicyclic) bond motifs is 2. The number of hydrogen-bond acceptors (Lipinski definition) is 7. The summed E-state index contributed by atoms with van der Waals surface area (Å²) in [6, 6.07) is 18.6. The van der Waals surface area contributed by atoms with Gasteiger partial charge in [-0.05, 0) is 31.2 Å². The lowest BCUT2D eigenvalue weighted by molar-refractivity contribution is -0.241. The van der Waals surface area contributed by atoms with Crippen molar-refractivity contribution < 1.29 is 34.0 Å². The Labute approximate surface area is 229 Å². The van der Waals surface area contributed by atoms with Gasteiger partial charge in [0, 0.05) is 37.7 Å². The number of hydrogen-bond donors (Lipinski definition) is 2. The quantitative estimate of drug-likeness (QED) is 0.559. The second-order valence-corrected chi connectivity index (χ2v) is 12.3. The van der Waals surface area contributed by atoms with Crippen molar-refractivity contribution >= 4 is 5.78 Å². The molecule has 0 radical (unpaired) electrons. The zero-order valence-electron chi connectivity index (χ0n) is 22.3. The zero-order valence-corrected chi connectivity index (χ0v) is 22.3. The molecule has 2 aromatic rings. The van der Waals surface area contributed by atoms with Crippen LogP contribution in [-0.2, 0) is 25.4 Å². The van der Waals surface area contributed by atoms with Crippen LogP contribution in [0.1, 0.15) is 80.1 Å². The Hall–Kier alpha value is -2.13. The number of carbonyl (C=O) groups excluding carboxylic acids is 1. The molecule has 7 rings (SSSR count). The highest BCUT2D eigenvalue weighted by atomic mass is 16.8. The molecular formula is C32H38O7. The van der Waals surface area contributed by atoms with E-state index >= 15 is 0 Å². The van der Waals surface area contributed by atoms with Gasteiger partial charge in [0.2, 0.25) is 0 Å². The number of aliphatic hydroxyl groups is 2. The summed E-state index contributed by atoms with van der Waals surface area (Å²) in [7, 11) is 0. The molecule has 2 aliphatic heterocycles. The largest absolute Gasteiger partial charge is 0.384 e. The van der Waals surface area contributed by atoms with E-state index in [-0.39, 0.29) is 6.42 Å². The van der Waals surface area contributed by atoms with Crippen LogP contribution in [0.5, 0.6) is 0 Å². The molecule has 39 heavy (non-hydrogen) atoms. The van der Waals surface area contributed by atoms with Crippen LogP contribution in [0, 0.1) is 0 Å². The van der Waals surface area contributed by atoms with Crippen molar-refractivity contribution in [3.05, 3.63) is 71.8 Å². The van der Waals surface area contributed by atoms with Crippen LogP contribution in [-0.4, -0.2) is 63.2 Å². The van der Waals surface area contributed by atoms with Crippen molar-refractivity contribution in [2.75, 3.05) is 0 Å². The van der Waals surface area contributed by atoms with E-state index < -0.39 is 53.0 Å². The fraction of sp³-hybridized carbons (Fsp3) is 0.594. The van der Waals surface area contributed by atoms with Crippen LogP contribution in [0.2, 0.25) is 0 Å². The van der Waals surface area contributed by atoms with E-state index in [0.717, 1.165) is 44.1 Å². The molecular weight excluding hydrogens is 496 g/mol. The number of rotatable bonds is 4. The molecule has 208 valence electrons. The molecule has 0 bridgehead atoms. The van der Waals surface area contributed by atoms with Gasteiger partial charge in [0.25, 0.3) is 0 Å². The molecule has 2 N–H and O–H groups in total. The summed E-state index contributed by atoms with van der Waals surface area (Å²) in [5.41, 5.74) is -2.39. The van der Waals surface area contributed by atoms with Crippen LogP contribution < -0.4 is 0 Å². The van der Waals surface area contributed by atoms with E-state index in [2.05, 4.69) is 0 Å². The molecule has 6 atom stereocenters. The van der Waals surface area contributed by atoms with Crippen LogP contribution in [0.3, 0.4) is 0 Å². The molecule has 2 aromatic carbocycles. The maximum Gasteiger partial charge on any atom is 0.199 e. The highest BCUT2D eigenvalue weighted by Crippen LogP contribution is 2.58. The van der Waals surface area contributed by atoms with Crippen molar-refractivity contribution in [3.63, 3.8) is 0 Å². The molecule has 2 saturated heterocycles. The molecule has 0 aromatic heterocycles. The summed E-state index contributed by atoms with van der Waals surface area (Å²) < 4.78 is 26.8. The molecule has 7 heteroatoms. The van der Waals surface area contributed by atoms with Crippen molar-refractivity contribution in [1.82, 2.24) is 0 Å². The highest BCUT2D eigenvalue weighted by Gasteiger charge is 2.77. The molecule has 0 amide bonds. The lowest BCUT2D eigenvalue weighted by Gasteiger charge is -2.51. The minimum atomic E-state index is -2.10. The molecule has 2 unspecified atom stereocenters. The first-order valence-corrected chi connectivity index (χ1v) is 14.7. The minimum absolute atomic E-state index is 0.227. The summed E-state index contributed by atoms with van der Waals surface area (Å²) in [4.78, 5) is 14.3. The maximum absolute atomic E-state index is 14.3. The van der Waals surface area contributed by atoms with Gasteiger partial charge in [0.1, 0.15) is 30.0 Å². The van der Waals surface area contributed by atoms with Crippen molar-refractivity contribution in [2.45, 2.75) is 118 Å². The lowest BCUT2D eigenvalue weighted by Crippen LogP contribution is -2.77. The van der Waals surface area contributed by atoms with Gasteiger partial charge in [-0.3, -0.25) is 4.79 Å². The fourth-order valence-electron chi connectivity index (χ4n) is 7.78. The molecule has 5 aliphatic rings. The first-order chi connectivity index (χ1) is 18.9. The van der Waals surface area contributed by atoms with Crippen molar-refractivity contribution in [1.29, 1.82) is 0 Å². The topological polar surface area (TPSA) is 94.5 Å². The Kier molecular flexibility index (Phi) is 6.27. The Morgan fingerprint density at radius 3 is 1.56 bits per heavy atom. The summed E-state index contributed by atoms with van der Waals surface area (Å²) in [5.74, 6) is -2.39. The summed E-state index contributed by atoms with van der Waals surface area (Å²) in [6.45, 7) is 0. The van der Waals surface area contributed by atoms with Crippen LogP contribution in [0.4, 0.5) is 0 Å². The average molecular weight is 535 g/mol. The normalized spacial score (nSPS) is 38.4. The Bertz CT molecular complexity index is 1140. The van der Waals surface area contributed by atoms with E-state index in [1.165, 1.54) is 0 Å². The van der Waals surface area contributed by atoms with Crippen LogP contribution in [0.25, 0.3) is 0 Å². The minimum Gasteiger partial charge on any atom is -0.384 e. The number of Topliss-reactive ketones (excluding diaryl/α,β-unsaturated/α-hetero) is 1. The fourth-order valence-corrected chi connectivity index (χ4v) is 7.78. The van der Waals surface area contributed by atoms with E-state index in [1.54, 1.807) is 24.3 Å². The molecule has 7 nitrogen and oxygen atoms in total. The number of carbonyl (C=O) groups is 1. The third-order valence-corrected chi connectivity index (χ3v) is 9.73. The van der Waals surface area contributed by atoms with Gasteiger partial charge < -0.3 is 29.2 Å². The molecule has 3 aliphatic carbocycles. The van der Waals surface area contributed by atoms with E-state index in [0.29, 0.717) is 31.2 Å². The van der Waals surface area contributed by atoms with Crippen molar-refractivity contribution in [2.24, 2.45) is 0 Å². The van der Waals surface area contributed by atoms with Gasteiger partial charge in [-0.25, -0.2) is 0 Å². The standard InChI is InChI=1S/C32H38O7/c33-24(23-15-7-2-8-16-23)32(35)27-25(36-29(38-27)17-9-3-10-18-29)31(34,21-22-13-5-1-6-14-22)26-28(32)39-30(37-26)19-11-4-12-20-30/h1-2,5-8,13-16,25-28,34-35H,3-4,9-12,17-21H2/t25-,26+,27-,28-,31?,32?/m1/s1. The van der Waals surface area contributed by atoms with Gasteiger partial charge in [0.05, 0.1) is 0 Å². The zero-order chi connectivity index (χ0) is 26.7. The number of ether oxygens (including phenoxy) is 4. The van der Waals surface area contributed by atoms with E-state index in [4.69, 9.17) is 18.9 Å². The number of ketones is 1. The Morgan fingerprint density at radius 1 is 0.641 bits per heavy atom. The summed E-state index contributed by atoms with van der Waals surface area (Å²) in [6.07, 6.45) is 4.49. The summed E-state index contributed by atoms with van der Waals surface area (Å²) in [5, 5.41) is 25.4. The maximum atomic E-state index is 14.3. The van der Waals surface area contributed by atoms with Gasteiger partial charge in [-0.2, -0.15) is 0 Å². The lowest BCUT2D eigenvalue weighted by atomic mass is 9.64. The first-order valence-electron chi connectivity index (χ1n) is 14.7. The third-order valence-electron chi connectivity index (χ3n) is 9.73. The van der Waals surface area contributed by atoms with Crippen LogP contribution in [0.15, 0.2) is 60.7 Å². The van der Waals surface area contributed by atoms with E-state index in [9.17, 15) is 15.0 Å². The van der Waals surface area contributed by atoms with Gasteiger partial charge in [-0.1, -0.05) is 73.5 Å². The Morgan fingerprint density at radius 2 is 1.08 bits per heavy atom. The van der Waals surface area contributed by atoms with Crippen molar-refractivity contribution in [3.8, 4) is 0 Å². The monoisotopic (exact) mass is 534 g/mol. The van der Waals surface area contributed by atoms with Gasteiger partial charge in [0.15, 0.2) is 23.0 Å². The molecule has 3 saturated carbocycles. The Balaban J connectivity index is 1.37. The van der Waals surface area contributed by atoms with Gasteiger partial charge >= 0.3 is 0 Å². The SMILES string of the molecule is O=C(c1ccccc1)C1(O)[C@@H]2OC3(CCCCC3)O[C@H]2C(O)(Cc2ccccc2)[C@H]2OC3(CCCCC3)O[C@H]21. The number of benzene rings is 2. The average Bonchev–Trinajstić information content (AvgIpc) is 3.54. The second kappa shape index (κ2) is 9.47. The van der Waals surface area contributed by atoms with Crippen LogP contribution >= 0.6 is 0 Å². The predicted octanol–water partition coefficient (Wildman–Crippen LogP) is 4.48. The first kappa shape index (κ1) is 25.8. The second-order valence-electron chi connectivity index (χ2n) is 12.3.